The van der Waals surface area contributed by atoms with Gasteiger partial charge in [-0.3, -0.25) is 19.7 Å². The van der Waals surface area contributed by atoms with E-state index in [4.69, 9.17) is 18.3 Å². The van der Waals surface area contributed by atoms with Crippen LogP contribution < -0.4 is 31.0 Å². The molecule has 1 amide bonds. The fourth-order valence-electron chi connectivity index (χ4n) is 6.25. The molecule has 0 radical (unpaired) electrons. The maximum atomic E-state index is 13.5. The second-order valence-corrected chi connectivity index (χ2v) is 13.0. The third kappa shape index (κ3) is 6.94. The van der Waals surface area contributed by atoms with E-state index < -0.39 is 29.5 Å². The first kappa shape index (κ1) is 34.0. The number of anilines is 2. The number of nitrogens with zero attached hydrogens (tertiary/aromatic N) is 4. The summed E-state index contributed by atoms with van der Waals surface area (Å²) in [7, 11) is 0. The van der Waals surface area contributed by atoms with Crippen LogP contribution in [-0.2, 0) is 6.61 Å². The van der Waals surface area contributed by atoms with E-state index in [0.29, 0.717) is 23.4 Å². The number of carbonyl (C=O) groups is 1. The van der Waals surface area contributed by atoms with Gasteiger partial charge in [0.1, 0.15) is 65.1 Å². The van der Waals surface area contributed by atoms with Crippen LogP contribution in [0.15, 0.2) is 85.4 Å². The molecule has 3 atom stereocenters. The predicted octanol–water partition coefficient (Wildman–Crippen LogP) is 3.29. The number of fused-ring (bicyclic) bond motifs is 3. The van der Waals surface area contributed by atoms with Gasteiger partial charge in [-0.15, -0.1) is 0 Å². The molecule has 2 aliphatic rings. The lowest BCUT2D eigenvalue weighted by Gasteiger charge is -2.15. The topological polar surface area (TPSA) is 224 Å². The minimum absolute atomic E-state index is 0.0107. The van der Waals surface area contributed by atoms with Crippen LogP contribution >= 0.6 is 0 Å². The van der Waals surface area contributed by atoms with Crippen molar-refractivity contribution in [2.75, 3.05) is 30.5 Å². The zero-order chi connectivity index (χ0) is 36.6. The molecule has 16 nitrogen and oxygen atoms in total. The number of aromatic nitrogens is 4. The first-order valence-electron chi connectivity index (χ1n) is 17.1. The highest BCUT2D eigenvalue weighted by Crippen LogP contribution is 2.33. The van der Waals surface area contributed by atoms with Crippen molar-refractivity contribution >= 4 is 50.8 Å². The van der Waals surface area contributed by atoms with Gasteiger partial charge in [0, 0.05) is 30.7 Å². The highest BCUT2D eigenvalue weighted by atomic mass is 16.5. The normalized spacial score (nSPS) is 17.4. The van der Waals surface area contributed by atoms with Gasteiger partial charge in [-0.05, 0) is 43.5 Å². The molecule has 16 heteroatoms. The smallest absolute Gasteiger partial charge is 0.293 e. The standard InChI is InChI=1S/C37H34N6O10/c44-14-19-7-10-21(11-19)43-18-38-33-34(39-20-8-9-20)40-37(41-35(33)43)42-36(49)30-13-25(48)32-27(4-2-6-29(32)53-30)51-17-22(46)16-50-26-3-1-5-28-31(26)24(47)12-23(15-45)52-28/h1-7,10,12-13,18-22,44-46H,8-9,11,14-17H2,(H2,39,40,41,42,49)/t19-,21?,22?/m1/s1. The van der Waals surface area contributed by atoms with E-state index in [0.717, 1.165) is 18.9 Å². The molecular formula is C37H34N6O10. The van der Waals surface area contributed by atoms with Crippen molar-refractivity contribution in [3.05, 3.63) is 99.0 Å². The fraction of sp³-hybridized carbons (Fsp3) is 0.297. The van der Waals surface area contributed by atoms with Crippen LogP contribution in [-0.4, -0.2) is 72.7 Å². The van der Waals surface area contributed by atoms with E-state index in [2.05, 4.69) is 25.6 Å². The van der Waals surface area contributed by atoms with Crippen molar-refractivity contribution in [2.45, 2.75) is 44.1 Å². The molecule has 1 saturated carbocycles. The molecule has 4 heterocycles. The summed E-state index contributed by atoms with van der Waals surface area (Å²) in [6.07, 6.45) is 7.10. The zero-order valence-electron chi connectivity index (χ0n) is 28.1. The van der Waals surface area contributed by atoms with Crippen LogP contribution in [0.5, 0.6) is 11.5 Å². The van der Waals surface area contributed by atoms with E-state index in [1.165, 1.54) is 18.2 Å². The second kappa shape index (κ2) is 14.1. The lowest BCUT2D eigenvalue weighted by molar-refractivity contribution is 0.0636. The number of hydrogen-bond donors (Lipinski definition) is 5. The average molecular weight is 723 g/mol. The fourth-order valence-corrected chi connectivity index (χ4v) is 6.25. The number of amides is 1. The third-order valence-corrected chi connectivity index (χ3v) is 9.03. The molecule has 1 fully saturated rings. The molecule has 2 aromatic carbocycles. The van der Waals surface area contributed by atoms with Crippen LogP contribution in [0.4, 0.5) is 11.8 Å². The Bertz CT molecular complexity index is 2500. The highest BCUT2D eigenvalue weighted by molar-refractivity contribution is 6.03. The quantitative estimate of drug-likeness (QED) is 0.108. The number of carbonyl (C=O) groups excluding carboxylic acids is 1. The Morgan fingerprint density at radius 2 is 1.64 bits per heavy atom. The molecule has 0 bridgehead atoms. The van der Waals surface area contributed by atoms with E-state index in [-0.39, 0.29) is 88.7 Å². The van der Waals surface area contributed by atoms with E-state index in [1.807, 2.05) is 16.7 Å². The van der Waals surface area contributed by atoms with Crippen LogP contribution in [0.3, 0.4) is 0 Å². The molecule has 0 aliphatic heterocycles. The number of benzene rings is 2. The molecule has 0 spiro atoms. The molecule has 2 unspecified atom stereocenters. The first-order valence-corrected chi connectivity index (χ1v) is 17.1. The van der Waals surface area contributed by atoms with Crippen molar-refractivity contribution in [1.82, 2.24) is 19.5 Å². The number of aliphatic hydroxyl groups is 3. The van der Waals surface area contributed by atoms with Gasteiger partial charge in [0.2, 0.25) is 5.95 Å². The van der Waals surface area contributed by atoms with Crippen LogP contribution in [0.25, 0.3) is 33.1 Å². The number of ether oxygens (including phenoxy) is 2. The van der Waals surface area contributed by atoms with Crippen molar-refractivity contribution < 1.29 is 38.4 Å². The number of imidazole rings is 1. The summed E-state index contributed by atoms with van der Waals surface area (Å²) >= 11 is 0. The predicted molar refractivity (Wildman–Crippen MR) is 191 cm³/mol. The molecule has 2 aliphatic carbocycles. The van der Waals surface area contributed by atoms with Crippen molar-refractivity contribution in [2.24, 2.45) is 5.92 Å². The lowest BCUT2D eigenvalue weighted by atomic mass is 10.1. The molecule has 4 aromatic heterocycles. The van der Waals surface area contributed by atoms with Gasteiger partial charge < -0.3 is 43.5 Å². The molecule has 53 heavy (non-hydrogen) atoms. The number of aliphatic hydroxyl groups excluding tert-OH is 3. The van der Waals surface area contributed by atoms with Crippen molar-refractivity contribution in [1.29, 1.82) is 0 Å². The molecular weight excluding hydrogens is 688 g/mol. The van der Waals surface area contributed by atoms with Gasteiger partial charge in [-0.1, -0.05) is 24.3 Å². The lowest BCUT2D eigenvalue weighted by Crippen LogP contribution is -2.25. The van der Waals surface area contributed by atoms with Crippen LogP contribution in [0.1, 0.15) is 41.6 Å². The Balaban J connectivity index is 0.980. The van der Waals surface area contributed by atoms with Crippen LogP contribution in [0, 0.1) is 5.92 Å². The Labute approximate surface area is 299 Å². The summed E-state index contributed by atoms with van der Waals surface area (Å²) in [4.78, 5) is 53.1. The summed E-state index contributed by atoms with van der Waals surface area (Å²) in [5.41, 5.74) is 0.396. The van der Waals surface area contributed by atoms with Gasteiger partial charge in [0.05, 0.1) is 12.4 Å². The molecule has 272 valence electrons. The summed E-state index contributed by atoms with van der Waals surface area (Å²) < 4.78 is 24.7. The minimum Gasteiger partial charge on any atom is -0.490 e. The summed E-state index contributed by atoms with van der Waals surface area (Å²) in [5.74, 6) is -0.125. The highest BCUT2D eigenvalue weighted by Gasteiger charge is 2.27. The van der Waals surface area contributed by atoms with Gasteiger partial charge >= 0.3 is 0 Å². The van der Waals surface area contributed by atoms with Gasteiger partial charge in [0.25, 0.3) is 5.91 Å². The first-order chi connectivity index (χ1) is 25.8. The van der Waals surface area contributed by atoms with Gasteiger partial charge in [-0.2, -0.15) is 9.97 Å². The second-order valence-electron chi connectivity index (χ2n) is 13.0. The summed E-state index contributed by atoms with van der Waals surface area (Å²) in [6.45, 7) is -0.926. The average Bonchev–Trinajstić information content (AvgIpc) is 3.66. The molecule has 6 aromatic rings. The Hall–Kier alpha value is -6.10. The molecule has 8 rings (SSSR count). The van der Waals surface area contributed by atoms with E-state index in [9.17, 15) is 29.7 Å². The molecule has 0 saturated heterocycles. The third-order valence-electron chi connectivity index (χ3n) is 9.03. The Morgan fingerprint density at radius 1 is 0.943 bits per heavy atom. The summed E-state index contributed by atoms with van der Waals surface area (Å²) in [6, 6.07) is 11.7. The number of nitrogens with one attached hydrogen (secondary N) is 2. The monoisotopic (exact) mass is 722 g/mol. The number of rotatable bonds is 13. The number of allylic oxidation sites excluding steroid dienone is 1. The molecule has 5 N–H and O–H groups in total. The SMILES string of the molecule is O=C(Nc1nc(NC2CC2)c2ncn(C3C=C[C@@H](CO)C3)c2n1)c1cc(=O)c2c(OCC(O)COc3cccc4oc(CO)cc(=O)c34)cccc2o1. The van der Waals surface area contributed by atoms with Crippen molar-refractivity contribution in [3.8, 4) is 11.5 Å². The largest absolute Gasteiger partial charge is 0.490 e. The van der Waals surface area contributed by atoms with E-state index >= 15 is 0 Å². The van der Waals surface area contributed by atoms with Crippen LogP contribution in [0.2, 0.25) is 0 Å². The minimum atomic E-state index is -1.17. The van der Waals surface area contributed by atoms with Gasteiger partial charge in [-0.25, -0.2) is 4.98 Å². The Morgan fingerprint density at radius 3 is 2.30 bits per heavy atom. The Kier molecular flexibility index (Phi) is 9.07. The maximum Gasteiger partial charge on any atom is 0.293 e. The van der Waals surface area contributed by atoms with Crippen molar-refractivity contribution in [3.63, 3.8) is 0 Å². The summed E-state index contributed by atoms with van der Waals surface area (Å²) in [5, 5.41) is 35.8. The zero-order valence-corrected chi connectivity index (χ0v) is 28.1. The number of hydrogen-bond acceptors (Lipinski definition) is 14. The van der Waals surface area contributed by atoms with Gasteiger partial charge in [0.15, 0.2) is 33.6 Å². The van der Waals surface area contributed by atoms with E-state index in [1.54, 1.807) is 30.6 Å². The maximum absolute atomic E-state index is 13.5.